The second-order valence-electron chi connectivity index (χ2n) is 5.52. The van der Waals surface area contributed by atoms with Gasteiger partial charge in [-0.25, -0.2) is 0 Å². The average molecular weight is 251 g/mol. The van der Waals surface area contributed by atoms with Crippen LogP contribution in [-0.4, -0.2) is 35.1 Å². The van der Waals surface area contributed by atoms with Crippen molar-refractivity contribution in [3.05, 3.63) is 18.0 Å². The zero-order chi connectivity index (χ0) is 13.0. The van der Waals surface area contributed by atoms with Crippen molar-refractivity contribution in [2.24, 2.45) is 7.05 Å². The molecule has 1 aromatic rings. The van der Waals surface area contributed by atoms with Gasteiger partial charge in [0.1, 0.15) is 0 Å². The van der Waals surface area contributed by atoms with E-state index in [9.17, 15) is 0 Å². The van der Waals surface area contributed by atoms with Crippen LogP contribution in [0.15, 0.2) is 12.4 Å². The van der Waals surface area contributed by atoms with Crippen molar-refractivity contribution >= 4 is 0 Å². The van der Waals surface area contributed by atoms with Gasteiger partial charge in [0.15, 0.2) is 0 Å². The Morgan fingerprint density at radius 2 is 2.39 bits per heavy atom. The molecule has 2 unspecified atom stereocenters. The van der Waals surface area contributed by atoms with Gasteiger partial charge in [0, 0.05) is 25.9 Å². The van der Waals surface area contributed by atoms with E-state index in [0.29, 0.717) is 6.04 Å². The maximum atomic E-state index is 6.03. The number of hydrogen-bond donors (Lipinski definition) is 1. The molecule has 0 radical (unpaired) electrons. The van der Waals surface area contributed by atoms with Crippen molar-refractivity contribution in [1.82, 2.24) is 15.1 Å². The zero-order valence-electron chi connectivity index (χ0n) is 11.8. The van der Waals surface area contributed by atoms with Gasteiger partial charge < -0.3 is 10.1 Å². The number of rotatable bonds is 5. The van der Waals surface area contributed by atoms with Crippen LogP contribution in [0.4, 0.5) is 0 Å². The molecule has 0 bridgehead atoms. The normalized spacial score (nSPS) is 26.2. The number of aryl methyl sites for hydroxylation is 2. The Balaban J connectivity index is 1.92. The summed E-state index contributed by atoms with van der Waals surface area (Å²) in [6, 6.07) is 0.415. The Kier molecular flexibility index (Phi) is 4.40. The minimum absolute atomic E-state index is 0.00475. The lowest BCUT2D eigenvalue weighted by atomic mass is 9.85. The molecule has 1 aliphatic heterocycles. The Morgan fingerprint density at radius 3 is 2.94 bits per heavy atom. The summed E-state index contributed by atoms with van der Waals surface area (Å²) in [6.07, 6.45) is 9.84. The third-order valence-electron chi connectivity index (χ3n) is 4.06. The van der Waals surface area contributed by atoms with E-state index >= 15 is 0 Å². The number of aromatic nitrogens is 2. The molecule has 1 aromatic heterocycles. The number of ether oxygens (including phenoxy) is 1. The van der Waals surface area contributed by atoms with Crippen LogP contribution in [0.25, 0.3) is 0 Å². The first-order valence-corrected chi connectivity index (χ1v) is 6.93. The molecule has 2 rings (SSSR count). The molecule has 102 valence electrons. The average Bonchev–Trinajstić information content (AvgIpc) is 2.76. The predicted molar refractivity (Wildman–Crippen MR) is 72.6 cm³/mol. The molecule has 2 heterocycles. The molecule has 0 aromatic carbocycles. The molecule has 4 heteroatoms. The van der Waals surface area contributed by atoms with Crippen molar-refractivity contribution in [2.75, 3.05) is 13.7 Å². The summed E-state index contributed by atoms with van der Waals surface area (Å²) >= 11 is 0. The maximum absolute atomic E-state index is 6.03. The lowest BCUT2D eigenvalue weighted by molar-refractivity contribution is -0.0886. The van der Waals surface area contributed by atoms with Crippen molar-refractivity contribution in [2.45, 2.75) is 50.7 Å². The van der Waals surface area contributed by atoms with Gasteiger partial charge in [0.2, 0.25) is 0 Å². The highest BCUT2D eigenvalue weighted by Gasteiger charge is 2.35. The second-order valence-corrected chi connectivity index (χ2v) is 5.52. The van der Waals surface area contributed by atoms with Crippen LogP contribution in [0.5, 0.6) is 0 Å². The molecule has 0 amide bonds. The highest BCUT2D eigenvalue weighted by atomic mass is 16.5. The molecule has 1 saturated heterocycles. The van der Waals surface area contributed by atoms with Crippen LogP contribution in [0.2, 0.25) is 0 Å². The molecule has 1 fully saturated rings. The smallest absolute Gasteiger partial charge is 0.0806 e. The molecule has 4 nitrogen and oxygen atoms in total. The minimum Gasteiger partial charge on any atom is -0.374 e. The molecule has 1 N–H and O–H groups in total. The maximum Gasteiger partial charge on any atom is 0.0806 e. The highest BCUT2D eigenvalue weighted by Crippen LogP contribution is 2.29. The summed E-state index contributed by atoms with van der Waals surface area (Å²) in [5.74, 6) is 0. The molecular weight excluding hydrogens is 226 g/mol. The third-order valence-corrected chi connectivity index (χ3v) is 4.06. The predicted octanol–water partition coefficient (Wildman–Crippen LogP) is 1.90. The molecule has 0 aliphatic carbocycles. The number of nitrogens with one attached hydrogen (secondary N) is 1. The van der Waals surface area contributed by atoms with Crippen LogP contribution < -0.4 is 5.32 Å². The fraction of sp³-hybridized carbons (Fsp3) is 0.786. The lowest BCUT2D eigenvalue weighted by Gasteiger charge is -2.40. The quantitative estimate of drug-likeness (QED) is 0.868. The third kappa shape index (κ3) is 3.12. The van der Waals surface area contributed by atoms with Crippen LogP contribution in [-0.2, 0) is 18.2 Å². The number of hydrogen-bond acceptors (Lipinski definition) is 3. The van der Waals surface area contributed by atoms with Crippen molar-refractivity contribution in [3.63, 3.8) is 0 Å². The van der Waals surface area contributed by atoms with E-state index < -0.39 is 0 Å². The Labute approximate surface area is 110 Å². The standard InChI is InChI=1S/C14H25N3O/c1-14(8-4-5-9-18-14)13(15-2)7-6-12-10-16-17(3)11-12/h10-11,13,15H,4-9H2,1-3H3. The number of likely N-dealkylation sites (N-methyl/N-ethyl adjacent to an activating group) is 1. The summed E-state index contributed by atoms with van der Waals surface area (Å²) in [7, 11) is 4.00. The monoisotopic (exact) mass is 251 g/mol. The Bertz CT molecular complexity index is 369. The molecule has 0 saturated carbocycles. The summed E-state index contributed by atoms with van der Waals surface area (Å²) in [6.45, 7) is 3.15. The largest absolute Gasteiger partial charge is 0.374 e. The Hall–Kier alpha value is -0.870. The zero-order valence-corrected chi connectivity index (χ0v) is 11.8. The van der Waals surface area contributed by atoms with Crippen LogP contribution in [0.1, 0.15) is 38.2 Å². The van der Waals surface area contributed by atoms with Gasteiger partial charge >= 0.3 is 0 Å². The van der Waals surface area contributed by atoms with Crippen LogP contribution >= 0.6 is 0 Å². The summed E-state index contributed by atoms with van der Waals surface area (Å²) < 4.78 is 7.89. The number of nitrogens with zero attached hydrogens (tertiary/aromatic N) is 2. The van der Waals surface area contributed by atoms with Gasteiger partial charge in [0.05, 0.1) is 11.8 Å². The Morgan fingerprint density at radius 1 is 1.56 bits per heavy atom. The van der Waals surface area contributed by atoms with E-state index in [-0.39, 0.29) is 5.60 Å². The topological polar surface area (TPSA) is 39.1 Å². The molecule has 18 heavy (non-hydrogen) atoms. The van der Waals surface area contributed by atoms with Gasteiger partial charge in [0.25, 0.3) is 0 Å². The van der Waals surface area contributed by atoms with E-state index in [1.165, 1.54) is 18.4 Å². The van der Waals surface area contributed by atoms with Crippen molar-refractivity contribution in [1.29, 1.82) is 0 Å². The van der Waals surface area contributed by atoms with Crippen molar-refractivity contribution < 1.29 is 4.74 Å². The van der Waals surface area contributed by atoms with Gasteiger partial charge in [-0.05, 0) is 51.6 Å². The first-order valence-electron chi connectivity index (χ1n) is 6.93. The van der Waals surface area contributed by atoms with Crippen LogP contribution in [0, 0.1) is 0 Å². The summed E-state index contributed by atoms with van der Waals surface area (Å²) in [4.78, 5) is 0. The van der Waals surface area contributed by atoms with E-state index in [0.717, 1.165) is 25.9 Å². The van der Waals surface area contributed by atoms with Gasteiger partial charge in [-0.2, -0.15) is 5.10 Å². The van der Waals surface area contributed by atoms with E-state index in [2.05, 4.69) is 23.5 Å². The molecular formula is C14H25N3O. The lowest BCUT2D eigenvalue weighted by Crippen LogP contribution is -2.51. The van der Waals surface area contributed by atoms with E-state index in [1.807, 2.05) is 25.0 Å². The van der Waals surface area contributed by atoms with E-state index in [1.54, 1.807) is 0 Å². The first-order chi connectivity index (χ1) is 8.64. The minimum atomic E-state index is -0.00475. The van der Waals surface area contributed by atoms with Gasteiger partial charge in [-0.1, -0.05) is 0 Å². The first kappa shape index (κ1) is 13.6. The molecule has 2 atom stereocenters. The van der Waals surface area contributed by atoms with Gasteiger partial charge in [-0.15, -0.1) is 0 Å². The summed E-state index contributed by atoms with van der Waals surface area (Å²) in [5.41, 5.74) is 1.30. The molecule has 0 spiro atoms. The molecule has 1 aliphatic rings. The summed E-state index contributed by atoms with van der Waals surface area (Å²) in [5, 5.41) is 7.65. The van der Waals surface area contributed by atoms with E-state index in [4.69, 9.17) is 4.74 Å². The fourth-order valence-electron chi connectivity index (χ4n) is 2.90. The van der Waals surface area contributed by atoms with Gasteiger partial charge in [-0.3, -0.25) is 4.68 Å². The second kappa shape index (κ2) is 5.85. The fourth-order valence-corrected chi connectivity index (χ4v) is 2.90. The van der Waals surface area contributed by atoms with Crippen molar-refractivity contribution in [3.8, 4) is 0 Å². The highest BCUT2D eigenvalue weighted by molar-refractivity contribution is 5.05. The SMILES string of the molecule is CNC(CCc1cnn(C)c1)C1(C)CCCCO1. The van der Waals surface area contributed by atoms with Crippen LogP contribution in [0.3, 0.4) is 0 Å².